The minimum atomic E-state index is -1.14. The first-order valence-electron chi connectivity index (χ1n) is 3.50. The zero-order chi connectivity index (χ0) is 9.68. The van der Waals surface area contributed by atoms with Gasteiger partial charge in [0.05, 0.1) is 0 Å². The van der Waals surface area contributed by atoms with Gasteiger partial charge < -0.3 is 9.94 Å². The highest BCUT2D eigenvalue weighted by Crippen LogP contribution is 1.99. The minimum absolute atomic E-state index is 0.157. The van der Waals surface area contributed by atoms with Crippen LogP contribution in [0.25, 0.3) is 0 Å². The van der Waals surface area contributed by atoms with E-state index in [-0.39, 0.29) is 5.71 Å². The number of carboxylic acids is 1. The van der Waals surface area contributed by atoms with Crippen molar-refractivity contribution in [2.75, 3.05) is 7.11 Å². The minimum Gasteiger partial charge on any atom is -0.476 e. The molecule has 0 bridgehead atoms. The molecule has 1 rings (SSSR count). The van der Waals surface area contributed by atoms with Crippen molar-refractivity contribution < 1.29 is 14.7 Å². The summed E-state index contributed by atoms with van der Waals surface area (Å²) in [6.45, 7) is 0. The third kappa shape index (κ3) is 2.26. The molecule has 68 valence electrons. The number of aromatic nitrogens is 1. The summed E-state index contributed by atoms with van der Waals surface area (Å²) in [5, 5.41) is 12.1. The van der Waals surface area contributed by atoms with Crippen LogP contribution in [0.1, 0.15) is 5.56 Å². The van der Waals surface area contributed by atoms with Crippen LogP contribution in [0.15, 0.2) is 29.7 Å². The Balaban J connectivity index is 3.03. The van der Waals surface area contributed by atoms with Crippen LogP contribution in [0.3, 0.4) is 0 Å². The highest BCUT2D eigenvalue weighted by Gasteiger charge is 2.12. The van der Waals surface area contributed by atoms with Crippen molar-refractivity contribution in [3.8, 4) is 0 Å². The highest BCUT2D eigenvalue weighted by molar-refractivity contribution is 6.42. The van der Waals surface area contributed by atoms with Crippen LogP contribution in [-0.4, -0.2) is 28.9 Å². The van der Waals surface area contributed by atoms with E-state index >= 15 is 0 Å². The quantitative estimate of drug-likeness (QED) is 0.543. The number of carbonyl (C=O) groups is 1. The number of hydrogen-bond acceptors (Lipinski definition) is 4. The number of carboxylic acid groups (broad SMARTS) is 1. The number of rotatable bonds is 3. The van der Waals surface area contributed by atoms with Gasteiger partial charge >= 0.3 is 5.97 Å². The van der Waals surface area contributed by atoms with Crippen LogP contribution in [-0.2, 0) is 9.63 Å². The van der Waals surface area contributed by atoms with Gasteiger partial charge in [0, 0.05) is 18.0 Å². The van der Waals surface area contributed by atoms with Crippen molar-refractivity contribution in [1.29, 1.82) is 0 Å². The van der Waals surface area contributed by atoms with Crippen molar-refractivity contribution in [2.24, 2.45) is 5.16 Å². The summed E-state index contributed by atoms with van der Waals surface area (Å²) in [6, 6.07) is 3.22. The van der Waals surface area contributed by atoms with Crippen molar-refractivity contribution in [1.82, 2.24) is 4.98 Å². The molecule has 5 heteroatoms. The predicted octanol–water partition coefficient (Wildman–Crippen LogP) is 0.517. The van der Waals surface area contributed by atoms with E-state index in [9.17, 15) is 4.79 Å². The van der Waals surface area contributed by atoms with Gasteiger partial charge in [-0.2, -0.15) is 0 Å². The molecule has 5 nitrogen and oxygen atoms in total. The van der Waals surface area contributed by atoms with E-state index < -0.39 is 5.97 Å². The molecule has 0 aliphatic heterocycles. The van der Waals surface area contributed by atoms with Gasteiger partial charge in [0.25, 0.3) is 0 Å². The molecular weight excluding hydrogens is 172 g/mol. The van der Waals surface area contributed by atoms with Crippen molar-refractivity contribution in [2.45, 2.75) is 0 Å². The predicted molar refractivity (Wildman–Crippen MR) is 45.4 cm³/mol. The van der Waals surface area contributed by atoms with E-state index in [4.69, 9.17) is 5.11 Å². The van der Waals surface area contributed by atoms with Crippen LogP contribution in [0, 0.1) is 0 Å². The molecule has 1 aromatic heterocycles. The Hall–Kier alpha value is -1.91. The lowest BCUT2D eigenvalue weighted by Crippen LogP contribution is -2.14. The molecule has 0 aromatic carbocycles. The summed E-state index contributed by atoms with van der Waals surface area (Å²) < 4.78 is 0. The maximum Gasteiger partial charge on any atom is 0.358 e. The van der Waals surface area contributed by atoms with Gasteiger partial charge in [-0.05, 0) is 12.1 Å². The summed E-state index contributed by atoms with van der Waals surface area (Å²) in [4.78, 5) is 18.8. The molecule has 0 amide bonds. The highest BCUT2D eigenvalue weighted by atomic mass is 16.6. The maximum absolute atomic E-state index is 10.7. The molecule has 0 aliphatic carbocycles. The second kappa shape index (κ2) is 4.20. The van der Waals surface area contributed by atoms with Crippen LogP contribution in [0.2, 0.25) is 0 Å². The lowest BCUT2D eigenvalue weighted by molar-refractivity contribution is -0.129. The molecule has 0 atom stereocenters. The number of aliphatic carboxylic acids is 1. The Morgan fingerprint density at radius 2 is 2.46 bits per heavy atom. The van der Waals surface area contributed by atoms with Crippen molar-refractivity contribution in [3.63, 3.8) is 0 Å². The largest absolute Gasteiger partial charge is 0.476 e. The number of pyridine rings is 1. The van der Waals surface area contributed by atoms with Crippen LogP contribution < -0.4 is 0 Å². The average Bonchev–Trinajstić information content (AvgIpc) is 2.15. The van der Waals surface area contributed by atoms with E-state index in [1.807, 2.05) is 0 Å². The molecule has 1 N–H and O–H groups in total. The summed E-state index contributed by atoms with van der Waals surface area (Å²) >= 11 is 0. The van der Waals surface area contributed by atoms with Gasteiger partial charge in [-0.3, -0.25) is 4.98 Å². The Labute approximate surface area is 74.7 Å². The first-order valence-corrected chi connectivity index (χ1v) is 3.50. The van der Waals surface area contributed by atoms with Crippen molar-refractivity contribution in [3.05, 3.63) is 30.1 Å². The third-order valence-corrected chi connectivity index (χ3v) is 1.32. The van der Waals surface area contributed by atoms with Gasteiger partial charge in [-0.15, -0.1) is 0 Å². The van der Waals surface area contributed by atoms with Crippen LogP contribution in [0.5, 0.6) is 0 Å². The smallest absolute Gasteiger partial charge is 0.358 e. The van der Waals surface area contributed by atoms with E-state index in [2.05, 4.69) is 15.0 Å². The zero-order valence-electron chi connectivity index (χ0n) is 6.97. The lowest BCUT2D eigenvalue weighted by atomic mass is 10.2. The molecule has 0 fully saturated rings. The molecule has 0 radical (unpaired) electrons. The van der Waals surface area contributed by atoms with Gasteiger partial charge in [-0.1, -0.05) is 5.16 Å². The monoisotopic (exact) mass is 180 g/mol. The SMILES string of the molecule is CO/N=C(\C(=O)O)c1cccnc1. The van der Waals surface area contributed by atoms with Crippen molar-refractivity contribution >= 4 is 11.7 Å². The fraction of sp³-hybridized carbons (Fsp3) is 0.125. The Morgan fingerprint density at radius 3 is 2.92 bits per heavy atom. The summed E-state index contributed by atoms with van der Waals surface area (Å²) in [7, 11) is 1.29. The summed E-state index contributed by atoms with van der Waals surface area (Å²) in [5.41, 5.74) is 0.257. The molecule has 1 aromatic rings. The van der Waals surface area contributed by atoms with E-state index in [1.54, 1.807) is 18.3 Å². The standard InChI is InChI=1S/C8H8N2O3/c1-13-10-7(8(11)12)6-3-2-4-9-5-6/h2-5H,1H3,(H,11,12)/b10-7-. The van der Waals surface area contributed by atoms with Gasteiger partial charge in [-0.25, -0.2) is 4.79 Å². The van der Waals surface area contributed by atoms with E-state index in [1.165, 1.54) is 13.3 Å². The molecule has 0 spiro atoms. The second-order valence-corrected chi connectivity index (χ2v) is 2.17. The average molecular weight is 180 g/mol. The topological polar surface area (TPSA) is 71.8 Å². The first kappa shape index (κ1) is 9.18. The van der Waals surface area contributed by atoms with E-state index in [0.717, 1.165) is 0 Å². The molecule has 0 saturated heterocycles. The number of oxime groups is 1. The Morgan fingerprint density at radius 1 is 1.69 bits per heavy atom. The fourth-order valence-corrected chi connectivity index (χ4v) is 0.809. The summed E-state index contributed by atoms with van der Waals surface area (Å²) in [5.74, 6) is -1.14. The Bertz CT molecular complexity index is 321. The first-order chi connectivity index (χ1) is 6.25. The summed E-state index contributed by atoms with van der Waals surface area (Å²) in [6.07, 6.45) is 2.96. The molecule has 1 heterocycles. The normalized spacial score (nSPS) is 11.0. The van der Waals surface area contributed by atoms with Gasteiger partial charge in [0.15, 0.2) is 5.71 Å². The Kier molecular flexibility index (Phi) is 2.97. The van der Waals surface area contributed by atoms with Crippen LogP contribution in [0.4, 0.5) is 0 Å². The molecule has 0 saturated carbocycles. The molecule has 13 heavy (non-hydrogen) atoms. The fourth-order valence-electron chi connectivity index (χ4n) is 0.809. The maximum atomic E-state index is 10.7. The van der Waals surface area contributed by atoms with E-state index in [0.29, 0.717) is 5.56 Å². The number of nitrogens with zero attached hydrogens (tertiary/aromatic N) is 2. The molecule has 0 unspecified atom stereocenters. The zero-order valence-corrected chi connectivity index (χ0v) is 6.97. The number of hydrogen-bond donors (Lipinski definition) is 1. The van der Waals surface area contributed by atoms with Gasteiger partial charge in [0.1, 0.15) is 7.11 Å². The van der Waals surface area contributed by atoms with Crippen LogP contribution >= 0.6 is 0 Å². The molecular formula is C8H8N2O3. The molecule has 0 aliphatic rings. The van der Waals surface area contributed by atoms with Gasteiger partial charge in [0.2, 0.25) is 0 Å². The third-order valence-electron chi connectivity index (χ3n) is 1.32. The lowest BCUT2D eigenvalue weighted by Gasteiger charge is -1.98. The second-order valence-electron chi connectivity index (χ2n) is 2.17.